The smallest absolute Gasteiger partial charge is 0.125 e. The van der Waals surface area contributed by atoms with Crippen molar-refractivity contribution in [3.63, 3.8) is 0 Å². The monoisotopic (exact) mass is 266 g/mol. The molecule has 2 aromatic carbocycles. The fourth-order valence-electron chi connectivity index (χ4n) is 2.29. The molecular formula is C17H18N2O. The van der Waals surface area contributed by atoms with Crippen molar-refractivity contribution in [2.75, 3.05) is 5.73 Å². The molecule has 0 heterocycles. The lowest BCUT2D eigenvalue weighted by Gasteiger charge is -2.14. The van der Waals surface area contributed by atoms with E-state index in [0.29, 0.717) is 12.2 Å². The molecule has 0 bridgehead atoms. The lowest BCUT2D eigenvalue weighted by atomic mass is 10.1. The SMILES string of the molecule is Cc1cc(C#N)ccc1COc1c(C)cc(N)cc1C. The number of ether oxygens (including phenoxy) is 1. The highest BCUT2D eigenvalue weighted by atomic mass is 16.5. The molecule has 20 heavy (non-hydrogen) atoms. The summed E-state index contributed by atoms with van der Waals surface area (Å²) in [6.07, 6.45) is 0. The summed E-state index contributed by atoms with van der Waals surface area (Å²) in [4.78, 5) is 0. The molecule has 3 heteroatoms. The first-order valence-corrected chi connectivity index (χ1v) is 6.50. The van der Waals surface area contributed by atoms with Crippen LogP contribution in [0.5, 0.6) is 5.75 Å². The van der Waals surface area contributed by atoms with Gasteiger partial charge in [0.15, 0.2) is 0 Å². The number of hydrogen-bond acceptors (Lipinski definition) is 3. The van der Waals surface area contributed by atoms with Gasteiger partial charge in [-0.3, -0.25) is 0 Å². The Bertz CT molecular complexity index is 661. The first-order chi connectivity index (χ1) is 9.51. The summed E-state index contributed by atoms with van der Waals surface area (Å²) in [5.74, 6) is 0.878. The molecule has 2 aromatic rings. The minimum absolute atomic E-state index is 0.489. The largest absolute Gasteiger partial charge is 0.488 e. The predicted octanol–water partition coefficient (Wildman–Crippen LogP) is 3.64. The van der Waals surface area contributed by atoms with Crippen molar-refractivity contribution in [2.24, 2.45) is 0 Å². The summed E-state index contributed by atoms with van der Waals surface area (Å²) in [5.41, 5.74) is 11.4. The van der Waals surface area contributed by atoms with Crippen molar-refractivity contribution in [1.29, 1.82) is 5.26 Å². The van der Waals surface area contributed by atoms with Gasteiger partial charge in [-0.15, -0.1) is 0 Å². The molecule has 0 atom stereocenters. The molecule has 0 radical (unpaired) electrons. The van der Waals surface area contributed by atoms with E-state index in [2.05, 4.69) is 6.07 Å². The predicted molar refractivity (Wildman–Crippen MR) is 80.6 cm³/mol. The molecule has 0 fully saturated rings. The van der Waals surface area contributed by atoms with Crippen LogP contribution < -0.4 is 10.5 Å². The Morgan fingerprint density at radius 3 is 2.25 bits per heavy atom. The van der Waals surface area contributed by atoms with Gasteiger partial charge >= 0.3 is 0 Å². The Labute approximate surface area is 119 Å². The van der Waals surface area contributed by atoms with Gasteiger partial charge in [0.2, 0.25) is 0 Å². The molecule has 0 aromatic heterocycles. The van der Waals surface area contributed by atoms with E-state index >= 15 is 0 Å². The summed E-state index contributed by atoms with van der Waals surface area (Å²) in [6, 6.07) is 11.6. The topological polar surface area (TPSA) is 59.0 Å². The zero-order valence-corrected chi connectivity index (χ0v) is 12.0. The number of benzene rings is 2. The highest BCUT2D eigenvalue weighted by Gasteiger charge is 2.07. The van der Waals surface area contributed by atoms with Crippen molar-refractivity contribution >= 4 is 5.69 Å². The number of hydrogen-bond donors (Lipinski definition) is 1. The van der Waals surface area contributed by atoms with E-state index in [-0.39, 0.29) is 0 Å². The standard InChI is InChI=1S/C17H18N2O/c1-11-6-14(9-18)4-5-15(11)10-20-17-12(2)7-16(19)8-13(17)3/h4-8H,10,19H2,1-3H3. The van der Waals surface area contributed by atoms with Crippen LogP contribution in [0.3, 0.4) is 0 Å². The molecule has 0 aliphatic carbocycles. The quantitative estimate of drug-likeness (QED) is 0.863. The molecule has 102 valence electrons. The van der Waals surface area contributed by atoms with Crippen LogP contribution in [-0.2, 0) is 6.61 Å². The second kappa shape index (κ2) is 5.66. The zero-order valence-electron chi connectivity index (χ0n) is 12.0. The van der Waals surface area contributed by atoms with E-state index in [1.165, 1.54) is 0 Å². The van der Waals surface area contributed by atoms with Crippen LogP contribution in [0.15, 0.2) is 30.3 Å². The molecule has 3 nitrogen and oxygen atoms in total. The Balaban J connectivity index is 2.20. The molecule has 0 unspecified atom stereocenters. The summed E-state index contributed by atoms with van der Waals surface area (Å²) >= 11 is 0. The molecule has 0 aliphatic heterocycles. The van der Waals surface area contributed by atoms with Gasteiger partial charge in [0.1, 0.15) is 12.4 Å². The van der Waals surface area contributed by atoms with Gasteiger partial charge in [-0.2, -0.15) is 5.26 Å². The summed E-state index contributed by atoms with van der Waals surface area (Å²) in [5, 5.41) is 8.87. The van der Waals surface area contributed by atoms with Crippen LogP contribution in [0.25, 0.3) is 0 Å². The van der Waals surface area contributed by atoms with E-state index in [9.17, 15) is 0 Å². The van der Waals surface area contributed by atoms with Crippen LogP contribution in [0.2, 0.25) is 0 Å². The molecular weight excluding hydrogens is 248 g/mol. The van der Waals surface area contributed by atoms with E-state index in [4.69, 9.17) is 15.7 Å². The van der Waals surface area contributed by atoms with E-state index < -0.39 is 0 Å². The lowest BCUT2D eigenvalue weighted by Crippen LogP contribution is -2.02. The maximum absolute atomic E-state index is 8.87. The zero-order chi connectivity index (χ0) is 14.7. The molecule has 0 saturated carbocycles. The van der Waals surface area contributed by atoms with Crippen molar-refractivity contribution in [2.45, 2.75) is 27.4 Å². The maximum atomic E-state index is 8.87. The number of rotatable bonds is 3. The second-order valence-corrected chi connectivity index (χ2v) is 5.03. The fraction of sp³-hybridized carbons (Fsp3) is 0.235. The van der Waals surface area contributed by atoms with E-state index in [0.717, 1.165) is 33.7 Å². The lowest BCUT2D eigenvalue weighted by molar-refractivity contribution is 0.301. The third-order valence-corrected chi connectivity index (χ3v) is 3.33. The van der Waals surface area contributed by atoms with E-state index in [1.807, 2.05) is 51.1 Å². The Kier molecular flexibility index (Phi) is 3.95. The van der Waals surface area contributed by atoms with Crippen molar-refractivity contribution < 1.29 is 4.74 Å². The van der Waals surface area contributed by atoms with Crippen molar-refractivity contribution in [3.8, 4) is 11.8 Å². The normalized spacial score (nSPS) is 10.1. The first-order valence-electron chi connectivity index (χ1n) is 6.50. The average Bonchev–Trinajstić information content (AvgIpc) is 2.39. The van der Waals surface area contributed by atoms with Gasteiger partial charge in [-0.25, -0.2) is 0 Å². The number of nitrogens with two attached hydrogens (primary N) is 1. The fourth-order valence-corrected chi connectivity index (χ4v) is 2.29. The number of nitrogen functional groups attached to an aromatic ring is 1. The van der Waals surface area contributed by atoms with Crippen LogP contribution in [-0.4, -0.2) is 0 Å². The third kappa shape index (κ3) is 2.92. The molecule has 0 spiro atoms. The number of aryl methyl sites for hydroxylation is 3. The van der Waals surface area contributed by atoms with Crippen molar-refractivity contribution in [3.05, 3.63) is 58.1 Å². The van der Waals surface area contributed by atoms with Gasteiger partial charge in [0.25, 0.3) is 0 Å². The molecule has 2 rings (SSSR count). The van der Waals surface area contributed by atoms with Crippen LogP contribution in [0.1, 0.15) is 27.8 Å². The Morgan fingerprint density at radius 1 is 1.05 bits per heavy atom. The van der Waals surface area contributed by atoms with Gasteiger partial charge in [-0.1, -0.05) is 6.07 Å². The molecule has 2 N–H and O–H groups in total. The molecule has 0 saturated heterocycles. The van der Waals surface area contributed by atoms with E-state index in [1.54, 1.807) is 0 Å². The van der Waals surface area contributed by atoms with Crippen LogP contribution >= 0.6 is 0 Å². The Morgan fingerprint density at radius 2 is 1.70 bits per heavy atom. The van der Waals surface area contributed by atoms with Gasteiger partial charge in [0, 0.05) is 5.69 Å². The number of nitrogens with zero attached hydrogens (tertiary/aromatic N) is 1. The van der Waals surface area contributed by atoms with Crippen LogP contribution in [0.4, 0.5) is 5.69 Å². The summed E-state index contributed by atoms with van der Waals surface area (Å²) < 4.78 is 5.92. The molecule has 0 amide bonds. The summed E-state index contributed by atoms with van der Waals surface area (Å²) in [7, 11) is 0. The number of anilines is 1. The van der Waals surface area contributed by atoms with Gasteiger partial charge < -0.3 is 10.5 Å². The van der Waals surface area contributed by atoms with Gasteiger partial charge in [0.05, 0.1) is 11.6 Å². The minimum atomic E-state index is 0.489. The highest BCUT2D eigenvalue weighted by Crippen LogP contribution is 2.27. The maximum Gasteiger partial charge on any atom is 0.125 e. The Hall–Kier alpha value is -2.47. The number of nitriles is 1. The third-order valence-electron chi connectivity index (χ3n) is 3.33. The van der Waals surface area contributed by atoms with Crippen LogP contribution in [0, 0.1) is 32.1 Å². The summed E-state index contributed by atoms with van der Waals surface area (Å²) in [6.45, 7) is 6.46. The van der Waals surface area contributed by atoms with Gasteiger partial charge in [-0.05, 0) is 67.3 Å². The first kappa shape index (κ1) is 14.0. The molecule has 0 aliphatic rings. The highest BCUT2D eigenvalue weighted by molar-refractivity contribution is 5.52. The second-order valence-electron chi connectivity index (χ2n) is 5.03. The average molecular weight is 266 g/mol. The van der Waals surface area contributed by atoms with Crippen molar-refractivity contribution in [1.82, 2.24) is 0 Å². The minimum Gasteiger partial charge on any atom is -0.488 e.